The van der Waals surface area contributed by atoms with Gasteiger partial charge in [0.2, 0.25) is 0 Å². The van der Waals surface area contributed by atoms with Gasteiger partial charge < -0.3 is 5.73 Å². The van der Waals surface area contributed by atoms with Crippen LogP contribution >= 0.6 is 11.8 Å². The maximum Gasteiger partial charge on any atom is 0.0218 e. The number of fused-ring (bicyclic) bond motifs is 1. The van der Waals surface area contributed by atoms with E-state index in [2.05, 4.69) is 11.2 Å². The highest BCUT2D eigenvalue weighted by molar-refractivity contribution is 7.98. The van der Waals surface area contributed by atoms with Gasteiger partial charge in [-0.05, 0) is 49.5 Å². The lowest BCUT2D eigenvalue weighted by atomic mass is 10.0. The lowest BCUT2D eigenvalue weighted by Crippen LogP contribution is -2.39. The minimum Gasteiger partial charge on any atom is -0.329 e. The molecule has 1 saturated heterocycles. The first-order valence-corrected chi connectivity index (χ1v) is 8.17. The van der Waals surface area contributed by atoms with E-state index >= 15 is 0 Å². The van der Waals surface area contributed by atoms with Crippen LogP contribution in [0.3, 0.4) is 0 Å². The van der Waals surface area contributed by atoms with Crippen molar-refractivity contribution in [3.8, 4) is 0 Å². The Hall–Kier alpha value is 0.270. The Balaban J connectivity index is 1.77. The molecule has 0 amide bonds. The Morgan fingerprint density at radius 2 is 2.00 bits per heavy atom. The van der Waals surface area contributed by atoms with E-state index < -0.39 is 0 Å². The van der Waals surface area contributed by atoms with Crippen molar-refractivity contribution in [3.05, 3.63) is 0 Å². The summed E-state index contributed by atoms with van der Waals surface area (Å²) in [7, 11) is 0. The van der Waals surface area contributed by atoms with Gasteiger partial charge in [0.15, 0.2) is 0 Å². The maximum absolute atomic E-state index is 5.94. The molecule has 1 aliphatic heterocycles. The van der Waals surface area contributed by atoms with Crippen LogP contribution in [0.2, 0.25) is 0 Å². The number of hydrogen-bond donors (Lipinski definition) is 1. The van der Waals surface area contributed by atoms with Crippen LogP contribution in [0.25, 0.3) is 0 Å². The average molecular weight is 242 g/mol. The van der Waals surface area contributed by atoms with Gasteiger partial charge in [-0.15, -0.1) is 0 Å². The zero-order valence-corrected chi connectivity index (χ0v) is 11.3. The third-order valence-electron chi connectivity index (χ3n) is 4.43. The van der Waals surface area contributed by atoms with Gasteiger partial charge in [0.05, 0.1) is 0 Å². The summed E-state index contributed by atoms with van der Waals surface area (Å²) in [6, 6.07) is 0.665. The number of nitrogens with two attached hydrogens (primary N) is 1. The second-order valence-electron chi connectivity index (χ2n) is 5.43. The number of nitrogens with zero attached hydrogens (tertiary/aromatic N) is 1. The predicted molar refractivity (Wildman–Crippen MR) is 72.9 cm³/mol. The lowest BCUT2D eigenvalue weighted by molar-refractivity contribution is 0.217. The molecule has 0 aromatic heterocycles. The average Bonchev–Trinajstić information content (AvgIpc) is 2.84. The molecule has 94 valence electrons. The van der Waals surface area contributed by atoms with E-state index in [1.54, 1.807) is 0 Å². The van der Waals surface area contributed by atoms with Crippen molar-refractivity contribution < 1.29 is 0 Å². The second kappa shape index (κ2) is 6.27. The molecule has 2 fully saturated rings. The molecule has 16 heavy (non-hydrogen) atoms. The van der Waals surface area contributed by atoms with Gasteiger partial charge in [-0.1, -0.05) is 6.42 Å². The molecule has 1 saturated carbocycles. The van der Waals surface area contributed by atoms with Crippen molar-refractivity contribution in [2.75, 3.05) is 31.6 Å². The summed E-state index contributed by atoms with van der Waals surface area (Å²) in [5.74, 6) is 3.31. The van der Waals surface area contributed by atoms with Crippen LogP contribution in [-0.2, 0) is 0 Å². The molecule has 0 spiro atoms. The number of likely N-dealkylation sites (tertiary alicyclic amines) is 1. The Kier molecular flexibility index (Phi) is 4.98. The monoisotopic (exact) mass is 242 g/mol. The van der Waals surface area contributed by atoms with Gasteiger partial charge in [-0.3, -0.25) is 4.90 Å². The highest BCUT2D eigenvalue weighted by Gasteiger charge is 2.37. The van der Waals surface area contributed by atoms with Gasteiger partial charge >= 0.3 is 0 Å². The van der Waals surface area contributed by atoms with Crippen LogP contribution in [0.1, 0.15) is 32.1 Å². The molecule has 0 aromatic carbocycles. The van der Waals surface area contributed by atoms with Gasteiger partial charge in [-0.25, -0.2) is 0 Å². The molecule has 2 nitrogen and oxygen atoms in total. The minimum absolute atomic E-state index is 0.665. The van der Waals surface area contributed by atoms with Gasteiger partial charge in [0.25, 0.3) is 0 Å². The summed E-state index contributed by atoms with van der Waals surface area (Å²) in [5, 5.41) is 0. The normalized spacial score (nSPS) is 31.9. The molecule has 0 aromatic rings. The molecule has 3 atom stereocenters. The van der Waals surface area contributed by atoms with E-state index in [9.17, 15) is 0 Å². The third-order valence-corrected chi connectivity index (χ3v) is 5.13. The first-order chi connectivity index (χ1) is 7.85. The molecule has 3 heteroatoms. The highest BCUT2D eigenvalue weighted by Crippen LogP contribution is 2.38. The summed E-state index contributed by atoms with van der Waals surface area (Å²) >= 11 is 1.95. The molecule has 3 unspecified atom stereocenters. The van der Waals surface area contributed by atoms with Crippen molar-refractivity contribution in [1.29, 1.82) is 0 Å². The first-order valence-electron chi connectivity index (χ1n) is 6.78. The summed E-state index contributed by atoms with van der Waals surface area (Å²) in [5.41, 5.74) is 5.94. The molecule has 2 aliphatic rings. The van der Waals surface area contributed by atoms with Crippen molar-refractivity contribution >= 4 is 11.8 Å². The standard InChI is InChI=1S/C13H26N2S/c1-16-7-3-6-13(8-14)15-9-11-4-2-5-12(11)10-15/h11-13H,2-10,14H2,1H3. The molecular formula is C13H26N2S. The van der Waals surface area contributed by atoms with Crippen LogP contribution < -0.4 is 5.73 Å². The van der Waals surface area contributed by atoms with E-state index in [0.717, 1.165) is 18.4 Å². The minimum atomic E-state index is 0.665. The molecule has 2 rings (SSSR count). The van der Waals surface area contributed by atoms with Crippen LogP contribution in [0.4, 0.5) is 0 Å². The number of rotatable bonds is 6. The number of thioether (sulfide) groups is 1. The first kappa shape index (κ1) is 12.7. The summed E-state index contributed by atoms with van der Waals surface area (Å²) in [4.78, 5) is 2.69. The van der Waals surface area contributed by atoms with E-state index in [-0.39, 0.29) is 0 Å². The van der Waals surface area contributed by atoms with Gasteiger partial charge in [-0.2, -0.15) is 11.8 Å². The Morgan fingerprint density at radius 1 is 1.31 bits per heavy atom. The molecule has 1 heterocycles. The highest BCUT2D eigenvalue weighted by atomic mass is 32.2. The van der Waals surface area contributed by atoms with Crippen molar-refractivity contribution in [1.82, 2.24) is 4.90 Å². The van der Waals surface area contributed by atoms with E-state index in [0.29, 0.717) is 6.04 Å². The maximum atomic E-state index is 5.94. The lowest BCUT2D eigenvalue weighted by Gasteiger charge is -2.27. The molecule has 0 bridgehead atoms. The fourth-order valence-electron chi connectivity index (χ4n) is 3.48. The smallest absolute Gasteiger partial charge is 0.0218 e. The van der Waals surface area contributed by atoms with Crippen molar-refractivity contribution in [2.24, 2.45) is 17.6 Å². The second-order valence-corrected chi connectivity index (χ2v) is 6.42. The third kappa shape index (κ3) is 2.93. The van der Waals surface area contributed by atoms with Gasteiger partial charge in [0.1, 0.15) is 0 Å². The van der Waals surface area contributed by atoms with Crippen molar-refractivity contribution in [3.63, 3.8) is 0 Å². The van der Waals surface area contributed by atoms with Crippen LogP contribution in [-0.4, -0.2) is 42.6 Å². The number of hydrogen-bond acceptors (Lipinski definition) is 3. The quantitative estimate of drug-likeness (QED) is 0.724. The van der Waals surface area contributed by atoms with Crippen LogP contribution in [0, 0.1) is 11.8 Å². The van der Waals surface area contributed by atoms with E-state index in [1.165, 1.54) is 50.9 Å². The summed E-state index contributed by atoms with van der Waals surface area (Å²) < 4.78 is 0. The van der Waals surface area contributed by atoms with Crippen molar-refractivity contribution in [2.45, 2.75) is 38.1 Å². The Morgan fingerprint density at radius 3 is 2.56 bits per heavy atom. The Bertz CT molecular complexity index is 198. The topological polar surface area (TPSA) is 29.3 Å². The SMILES string of the molecule is CSCCCC(CN)N1CC2CCCC2C1. The zero-order valence-electron chi connectivity index (χ0n) is 10.5. The summed E-state index contributed by atoms with van der Waals surface area (Å²) in [6.07, 6.45) is 9.25. The molecule has 2 N–H and O–H groups in total. The fraction of sp³-hybridized carbons (Fsp3) is 1.00. The largest absolute Gasteiger partial charge is 0.329 e. The van der Waals surface area contributed by atoms with Crippen LogP contribution in [0.15, 0.2) is 0 Å². The van der Waals surface area contributed by atoms with Gasteiger partial charge in [0, 0.05) is 25.7 Å². The van der Waals surface area contributed by atoms with E-state index in [4.69, 9.17) is 5.73 Å². The summed E-state index contributed by atoms with van der Waals surface area (Å²) in [6.45, 7) is 3.53. The molecular weight excluding hydrogens is 216 g/mol. The Labute approximate surface area is 104 Å². The fourth-order valence-corrected chi connectivity index (χ4v) is 3.94. The van der Waals surface area contributed by atoms with E-state index in [1.807, 2.05) is 11.8 Å². The zero-order chi connectivity index (χ0) is 11.4. The molecule has 0 radical (unpaired) electrons. The van der Waals surface area contributed by atoms with Crippen LogP contribution in [0.5, 0.6) is 0 Å². The predicted octanol–water partition coefficient (Wildman–Crippen LogP) is 2.19. The molecule has 1 aliphatic carbocycles.